The minimum Gasteiger partial charge on any atom is -0.396 e. The van der Waals surface area contributed by atoms with Gasteiger partial charge in [0.2, 0.25) is 0 Å². The number of hydrogen-bond donors (Lipinski definition) is 1. The van der Waals surface area contributed by atoms with E-state index in [0.717, 1.165) is 23.9 Å². The van der Waals surface area contributed by atoms with E-state index in [4.69, 9.17) is 4.98 Å². The van der Waals surface area contributed by atoms with Crippen molar-refractivity contribution in [3.05, 3.63) is 35.2 Å². The molecule has 1 N–H and O–H groups in total. The van der Waals surface area contributed by atoms with Crippen LogP contribution in [0.1, 0.15) is 25.3 Å². The second-order valence-corrected chi connectivity index (χ2v) is 7.71. The molecule has 4 rings (SSSR count). The number of nitrogens with zero attached hydrogens (tertiary/aromatic N) is 2. The maximum Gasteiger partial charge on any atom is 0.185 e. The highest BCUT2D eigenvalue weighted by molar-refractivity contribution is 7.14. The molecule has 3 nitrogen and oxygen atoms in total. The summed E-state index contributed by atoms with van der Waals surface area (Å²) in [5.41, 5.74) is 3.65. The van der Waals surface area contributed by atoms with Gasteiger partial charge in [-0.3, -0.25) is 0 Å². The number of hydrogen-bond acceptors (Lipinski definition) is 4. The third kappa shape index (κ3) is 2.34. The average Bonchev–Trinajstić information content (AvgIpc) is 2.93. The van der Waals surface area contributed by atoms with Gasteiger partial charge in [0.05, 0.1) is 5.69 Å². The van der Waals surface area contributed by atoms with Gasteiger partial charge in [0.25, 0.3) is 0 Å². The first kappa shape index (κ1) is 14.2. The zero-order chi connectivity index (χ0) is 15.3. The molecule has 0 spiro atoms. The van der Waals surface area contributed by atoms with Crippen molar-refractivity contribution in [2.24, 2.45) is 17.8 Å². The Labute approximate surface area is 135 Å². The van der Waals surface area contributed by atoms with Crippen molar-refractivity contribution < 1.29 is 5.11 Å². The van der Waals surface area contributed by atoms with Crippen molar-refractivity contribution in [3.63, 3.8) is 0 Å². The van der Waals surface area contributed by atoms with Gasteiger partial charge < -0.3 is 10.0 Å². The van der Waals surface area contributed by atoms with Crippen LogP contribution in [0.4, 0.5) is 5.13 Å². The van der Waals surface area contributed by atoms with Crippen molar-refractivity contribution >= 4 is 16.5 Å². The molecule has 1 aromatic heterocycles. The van der Waals surface area contributed by atoms with E-state index in [9.17, 15) is 5.11 Å². The van der Waals surface area contributed by atoms with Crippen molar-refractivity contribution in [1.29, 1.82) is 0 Å². The zero-order valence-electron chi connectivity index (χ0n) is 13.1. The van der Waals surface area contributed by atoms with Crippen molar-refractivity contribution in [2.45, 2.75) is 19.8 Å². The lowest BCUT2D eigenvalue weighted by molar-refractivity contribution is 0.260. The standard InChI is InChI=1S/C18H22N2OS/c1-11(2)12-3-5-13(6-4-12)17-10-22-18(19-17)20-7-14-15(8-20)16(14)9-21/h3-6,10-11,14-16,21H,7-9H2,1-2H3/t14-,15+,16?. The number of aliphatic hydroxyl groups excluding tert-OH is 1. The van der Waals surface area contributed by atoms with Crippen LogP contribution in [0.15, 0.2) is 29.6 Å². The first-order valence-electron chi connectivity index (χ1n) is 8.09. The topological polar surface area (TPSA) is 36.4 Å². The lowest BCUT2D eigenvalue weighted by Gasteiger charge is -2.17. The maximum atomic E-state index is 9.25. The first-order valence-corrected chi connectivity index (χ1v) is 8.97. The van der Waals surface area contributed by atoms with Gasteiger partial charge in [0, 0.05) is 30.6 Å². The number of rotatable bonds is 4. The fourth-order valence-corrected chi connectivity index (χ4v) is 4.51. The third-order valence-corrected chi connectivity index (χ3v) is 6.12. The molecule has 0 amide bonds. The van der Waals surface area contributed by atoms with Crippen molar-refractivity contribution in [2.75, 3.05) is 24.6 Å². The van der Waals surface area contributed by atoms with E-state index in [-0.39, 0.29) is 0 Å². The van der Waals surface area contributed by atoms with Crippen LogP contribution in [-0.2, 0) is 0 Å². The Morgan fingerprint density at radius 2 is 1.91 bits per heavy atom. The summed E-state index contributed by atoms with van der Waals surface area (Å²) in [4.78, 5) is 7.21. The van der Waals surface area contributed by atoms with Gasteiger partial charge in [0.1, 0.15) is 0 Å². The number of thiazole rings is 1. The van der Waals surface area contributed by atoms with Gasteiger partial charge in [-0.05, 0) is 29.2 Å². The molecular formula is C18H22N2OS. The highest BCUT2D eigenvalue weighted by Gasteiger charge is 2.55. The van der Waals surface area contributed by atoms with Gasteiger partial charge in [-0.1, -0.05) is 38.1 Å². The summed E-state index contributed by atoms with van der Waals surface area (Å²) in [5, 5.41) is 12.5. The molecule has 1 aromatic carbocycles. The Hall–Kier alpha value is -1.39. The first-order chi connectivity index (χ1) is 10.7. The average molecular weight is 314 g/mol. The summed E-state index contributed by atoms with van der Waals surface area (Å²) in [7, 11) is 0. The van der Waals surface area contributed by atoms with Crippen molar-refractivity contribution in [1.82, 2.24) is 4.98 Å². The fraction of sp³-hybridized carbons (Fsp3) is 0.500. The number of fused-ring (bicyclic) bond motifs is 1. The summed E-state index contributed by atoms with van der Waals surface area (Å²) in [5.74, 6) is 2.51. The monoisotopic (exact) mass is 314 g/mol. The second-order valence-electron chi connectivity index (χ2n) is 6.87. The Kier molecular flexibility index (Phi) is 3.46. The molecule has 1 aliphatic carbocycles. The number of aromatic nitrogens is 1. The number of anilines is 1. The molecule has 1 aliphatic heterocycles. The lowest BCUT2D eigenvalue weighted by Crippen LogP contribution is -2.24. The van der Waals surface area contributed by atoms with Gasteiger partial charge in [-0.25, -0.2) is 4.98 Å². The third-order valence-electron chi connectivity index (χ3n) is 5.22. The smallest absolute Gasteiger partial charge is 0.185 e. The molecule has 2 heterocycles. The molecule has 2 aromatic rings. The Balaban J connectivity index is 1.48. The van der Waals surface area contributed by atoms with Crippen LogP contribution in [0.25, 0.3) is 11.3 Å². The Morgan fingerprint density at radius 1 is 1.23 bits per heavy atom. The van der Waals surface area contributed by atoms with Crippen LogP contribution >= 0.6 is 11.3 Å². The summed E-state index contributed by atoms with van der Waals surface area (Å²) in [6.07, 6.45) is 0. The van der Waals surface area contributed by atoms with Crippen LogP contribution in [0, 0.1) is 17.8 Å². The van der Waals surface area contributed by atoms with Crippen LogP contribution in [0.5, 0.6) is 0 Å². The van der Waals surface area contributed by atoms with Crippen LogP contribution < -0.4 is 4.90 Å². The number of benzene rings is 1. The van der Waals surface area contributed by atoms with Crippen LogP contribution in [0.3, 0.4) is 0 Å². The van der Waals surface area contributed by atoms with E-state index in [1.807, 2.05) is 0 Å². The molecule has 2 aliphatic rings. The highest BCUT2D eigenvalue weighted by atomic mass is 32.1. The van der Waals surface area contributed by atoms with Crippen LogP contribution in [-0.4, -0.2) is 29.8 Å². The number of piperidine rings is 1. The Bertz CT molecular complexity index is 652. The largest absolute Gasteiger partial charge is 0.396 e. The molecule has 4 heteroatoms. The molecular weight excluding hydrogens is 292 g/mol. The van der Waals surface area contributed by atoms with Crippen LogP contribution in [0.2, 0.25) is 0 Å². The summed E-state index contributed by atoms with van der Waals surface area (Å²) >= 11 is 1.74. The van der Waals surface area contributed by atoms with Gasteiger partial charge in [-0.15, -0.1) is 11.3 Å². The molecule has 2 fully saturated rings. The van der Waals surface area contributed by atoms with E-state index < -0.39 is 0 Å². The van der Waals surface area contributed by atoms with Gasteiger partial charge >= 0.3 is 0 Å². The van der Waals surface area contributed by atoms with E-state index >= 15 is 0 Å². The summed E-state index contributed by atoms with van der Waals surface area (Å²) < 4.78 is 0. The van der Waals surface area contributed by atoms with Gasteiger partial charge in [0.15, 0.2) is 5.13 Å². The summed E-state index contributed by atoms with van der Waals surface area (Å²) in [6, 6.07) is 8.76. The highest BCUT2D eigenvalue weighted by Crippen LogP contribution is 2.52. The number of aliphatic hydroxyl groups is 1. The lowest BCUT2D eigenvalue weighted by atomic mass is 10.0. The molecule has 1 unspecified atom stereocenters. The summed E-state index contributed by atoms with van der Waals surface area (Å²) in [6.45, 7) is 6.92. The second kappa shape index (κ2) is 5.36. The van der Waals surface area contributed by atoms with E-state index in [1.165, 1.54) is 11.1 Å². The molecule has 3 atom stereocenters. The quantitative estimate of drug-likeness (QED) is 0.936. The molecule has 0 radical (unpaired) electrons. The normalized spacial score (nSPS) is 26.5. The molecule has 22 heavy (non-hydrogen) atoms. The van der Waals surface area contributed by atoms with E-state index in [2.05, 4.69) is 48.4 Å². The minimum atomic E-state index is 0.356. The van der Waals surface area contributed by atoms with E-state index in [0.29, 0.717) is 30.3 Å². The van der Waals surface area contributed by atoms with E-state index in [1.54, 1.807) is 11.3 Å². The van der Waals surface area contributed by atoms with Gasteiger partial charge in [-0.2, -0.15) is 0 Å². The Morgan fingerprint density at radius 3 is 2.50 bits per heavy atom. The molecule has 116 valence electrons. The zero-order valence-corrected chi connectivity index (χ0v) is 13.9. The van der Waals surface area contributed by atoms with Crippen molar-refractivity contribution in [3.8, 4) is 11.3 Å². The molecule has 0 bridgehead atoms. The predicted octanol–water partition coefficient (Wildman–Crippen LogP) is 3.61. The molecule has 1 saturated heterocycles. The SMILES string of the molecule is CC(C)c1ccc(-c2csc(N3C[C@@H]4C(CO)[C@@H]4C3)n2)cc1. The maximum absolute atomic E-state index is 9.25. The molecule has 1 saturated carbocycles. The predicted molar refractivity (Wildman–Crippen MR) is 91.4 cm³/mol. The minimum absolute atomic E-state index is 0.356. The fourth-order valence-electron chi connectivity index (χ4n) is 3.66.